The lowest BCUT2D eigenvalue weighted by molar-refractivity contribution is -0.106. The van der Waals surface area contributed by atoms with Gasteiger partial charge in [-0.3, -0.25) is 0 Å². The maximum atomic E-state index is 9.20. The summed E-state index contributed by atoms with van der Waals surface area (Å²) in [5.74, 6) is 0.319. The molecule has 14 heavy (non-hydrogen) atoms. The summed E-state index contributed by atoms with van der Waals surface area (Å²) in [6.45, 7) is 10.2. The lowest BCUT2D eigenvalue weighted by Gasteiger charge is -2.33. The van der Waals surface area contributed by atoms with Crippen LogP contribution in [0.4, 0.5) is 0 Å². The molecule has 2 unspecified atom stereocenters. The third-order valence-corrected chi connectivity index (χ3v) is 2.70. The van der Waals surface area contributed by atoms with Gasteiger partial charge in [-0.25, -0.2) is 0 Å². The molecule has 0 aliphatic heterocycles. The fourth-order valence-corrected chi connectivity index (χ4v) is 1.16. The highest BCUT2D eigenvalue weighted by Gasteiger charge is 2.27. The maximum Gasteiger partial charge on any atom is 0.0965 e. The van der Waals surface area contributed by atoms with E-state index in [-0.39, 0.29) is 24.4 Å². The zero-order valence-corrected chi connectivity index (χ0v) is 10.1. The van der Waals surface area contributed by atoms with Gasteiger partial charge in [0.05, 0.1) is 18.3 Å². The zero-order chi connectivity index (χ0) is 11.4. The minimum Gasteiger partial charge on any atom is -0.394 e. The number of hydrogen-bond acceptors (Lipinski definition) is 3. The molecule has 0 rings (SSSR count). The van der Waals surface area contributed by atoms with E-state index >= 15 is 0 Å². The molecule has 0 spiro atoms. The van der Waals surface area contributed by atoms with Gasteiger partial charge in [-0.05, 0) is 26.2 Å². The summed E-state index contributed by atoms with van der Waals surface area (Å²) in [6.07, 6.45) is 0.652. The molecule has 0 radical (unpaired) electrons. The minimum absolute atomic E-state index is 0.0111. The average molecular weight is 203 g/mol. The summed E-state index contributed by atoms with van der Waals surface area (Å²) in [6, 6.07) is -0.106. The second-order valence-electron chi connectivity index (χ2n) is 4.77. The average Bonchev–Trinajstić information content (AvgIpc) is 2.13. The van der Waals surface area contributed by atoms with Gasteiger partial charge in [0.25, 0.3) is 0 Å². The van der Waals surface area contributed by atoms with E-state index in [0.29, 0.717) is 5.92 Å². The van der Waals surface area contributed by atoms with Crippen molar-refractivity contribution in [2.75, 3.05) is 6.61 Å². The Labute approximate surface area is 87.6 Å². The lowest BCUT2D eigenvalue weighted by Crippen LogP contribution is -2.47. The maximum absolute atomic E-state index is 9.20. The van der Waals surface area contributed by atoms with Gasteiger partial charge in [-0.1, -0.05) is 20.8 Å². The molecule has 0 amide bonds. The summed E-state index contributed by atoms with van der Waals surface area (Å²) < 4.78 is 5.78. The monoisotopic (exact) mass is 203 g/mol. The van der Waals surface area contributed by atoms with E-state index in [0.717, 1.165) is 6.42 Å². The molecule has 3 heteroatoms. The van der Waals surface area contributed by atoms with Crippen LogP contribution < -0.4 is 5.73 Å². The van der Waals surface area contributed by atoms with Crippen LogP contribution in [0, 0.1) is 5.92 Å². The fraction of sp³-hybridized carbons (Fsp3) is 1.00. The van der Waals surface area contributed by atoms with Gasteiger partial charge >= 0.3 is 0 Å². The highest BCUT2D eigenvalue weighted by atomic mass is 16.5. The Kier molecular flexibility index (Phi) is 5.64. The quantitative estimate of drug-likeness (QED) is 0.688. The van der Waals surface area contributed by atoms with Crippen LogP contribution >= 0.6 is 0 Å². The lowest BCUT2D eigenvalue weighted by atomic mass is 9.98. The predicted octanol–water partition coefficient (Wildman–Crippen LogP) is 1.54. The first-order chi connectivity index (χ1) is 6.34. The Bertz CT molecular complexity index is 157. The fourth-order valence-electron chi connectivity index (χ4n) is 1.16. The molecule has 0 heterocycles. The molecule has 0 bridgehead atoms. The van der Waals surface area contributed by atoms with E-state index in [4.69, 9.17) is 10.5 Å². The molecule has 86 valence electrons. The molecule has 3 N–H and O–H groups in total. The van der Waals surface area contributed by atoms with E-state index in [1.165, 1.54) is 0 Å². The van der Waals surface area contributed by atoms with E-state index in [1.54, 1.807) is 0 Å². The summed E-state index contributed by atoms with van der Waals surface area (Å²) in [5.41, 5.74) is 5.74. The number of aliphatic hydroxyl groups excluding tert-OH is 1. The van der Waals surface area contributed by atoms with Gasteiger partial charge in [0.1, 0.15) is 0 Å². The predicted molar refractivity (Wildman–Crippen MR) is 59.1 cm³/mol. The van der Waals surface area contributed by atoms with Crippen molar-refractivity contribution < 1.29 is 9.84 Å². The first-order valence-corrected chi connectivity index (χ1v) is 5.38. The molecule has 0 aliphatic rings. The largest absolute Gasteiger partial charge is 0.394 e. The zero-order valence-electron chi connectivity index (χ0n) is 10.1. The van der Waals surface area contributed by atoms with Gasteiger partial charge < -0.3 is 15.6 Å². The van der Waals surface area contributed by atoms with Crippen molar-refractivity contribution in [3.05, 3.63) is 0 Å². The second kappa shape index (κ2) is 5.69. The number of hydrogen-bond donors (Lipinski definition) is 2. The van der Waals surface area contributed by atoms with Crippen molar-refractivity contribution in [3.8, 4) is 0 Å². The number of aliphatic hydroxyl groups is 1. The van der Waals surface area contributed by atoms with Gasteiger partial charge in [0.2, 0.25) is 0 Å². The van der Waals surface area contributed by atoms with Gasteiger partial charge in [0.15, 0.2) is 0 Å². The molecular weight excluding hydrogens is 178 g/mol. The molecule has 0 fully saturated rings. The third-order valence-electron chi connectivity index (χ3n) is 2.70. The smallest absolute Gasteiger partial charge is 0.0965 e. The minimum atomic E-state index is -0.259. The molecule has 0 aliphatic carbocycles. The van der Waals surface area contributed by atoms with Crippen LogP contribution in [-0.2, 0) is 4.74 Å². The SMILES string of the molecule is CCC(C)(C)OC(CO)C(N)C(C)C. The van der Waals surface area contributed by atoms with E-state index in [2.05, 4.69) is 6.92 Å². The van der Waals surface area contributed by atoms with Crippen molar-refractivity contribution in [1.29, 1.82) is 0 Å². The van der Waals surface area contributed by atoms with Gasteiger partial charge in [0, 0.05) is 6.04 Å². The number of nitrogens with two attached hydrogens (primary N) is 1. The van der Waals surface area contributed by atoms with Crippen molar-refractivity contribution in [2.24, 2.45) is 11.7 Å². The van der Waals surface area contributed by atoms with Gasteiger partial charge in [-0.15, -0.1) is 0 Å². The number of ether oxygens (including phenoxy) is 1. The van der Waals surface area contributed by atoms with Crippen LogP contribution in [0.15, 0.2) is 0 Å². The number of rotatable bonds is 6. The normalized spacial score (nSPS) is 17.1. The second-order valence-corrected chi connectivity index (χ2v) is 4.77. The molecule has 0 saturated heterocycles. The molecule has 2 atom stereocenters. The molecule has 0 aromatic heterocycles. The topological polar surface area (TPSA) is 55.5 Å². The molecule has 0 saturated carbocycles. The van der Waals surface area contributed by atoms with Crippen LogP contribution in [0.5, 0.6) is 0 Å². The summed E-state index contributed by atoms with van der Waals surface area (Å²) in [7, 11) is 0. The Balaban J connectivity index is 4.29. The van der Waals surface area contributed by atoms with Crippen LogP contribution in [0.2, 0.25) is 0 Å². The summed E-state index contributed by atoms with van der Waals surface area (Å²) >= 11 is 0. The molecule has 0 aromatic rings. The van der Waals surface area contributed by atoms with Crippen LogP contribution in [0.1, 0.15) is 41.0 Å². The highest BCUT2D eigenvalue weighted by Crippen LogP contribution is 2.19. The van der Waals surface area contributed by atoms with Crippen molar-refractivity contribution in [3.63, 3.8) is 0 Å². The molecule has 3 nitrogen and oxygen atoms in total. The van der Waals surface area contributed by atoms with Crippen molar-refractivity contribution in [2.45, 2.75) is 58.8 Å². The van der Waals surface area contributed by atoms with E-state index in [9.17, 15) is 5.11 Å². The third kappa shape index (κ3) is 4.40. The van der Waals surface area contributed by atoms with Crippen molar-refractivity contribution >= 4 is 0 Å². The van der Waals surface area contributed by atoms with Crippen LogP contribution in [-0.4, -0.2) is 29.5 Å². The molecular formula is C11H25NO2. The molecule has 0 aromatic carbocycles. The summed E-state index contributed by atoms with van der Waals surface area (Å²) in [4.78, 5) is 0. The standard InChI is InChI=1S/C11H25NO2/c1-6-11(4,5)14-9(7-13)10(12)8(2)3/h8-10,13H,6-7,12H2,1-5H3. The van der Waals surface area contributed by atoms with Crippen molar-refractivity contribution in [1.82, 2.24) is 0 Å². The Morgan fingerprint density at radius 2 is 1.86 bits per heavy atom. The van der Waals surface area contributed by atoms with Crippen LogP contribution in [0.25, 0.3) is 0 Å². The van der Waals surface area contributed by atoms with Gasteiger partial charge in [-0.2, -0.15) is 0 Å². The first-order valence-electron chi connectivity index (χ1n) is 5.38. The van der Waals surface area contributed by atoms with E-state index < -0.39 is 0 Å². The van der Waals surface area contributed by atoms with Crippen LogP contribution in [0.3, 0.4) is 0 Å². The Morgan fingerprint density at radius 3 is 2.14 bits per heavy atom. The Morgan fingerprint density at radius 1 is 1.36 bits per heavy atom. The summed E-state index contributed by atoms with van der Waals surface area (Å²) in [5, 5.41) is 9.20. The highest BCUT2D eigenvalue weighted by molar-refractivity contribution is 4.79. The van der Waals surface area contributed by atoms with E-state index in [1.807, 2.05) is 27.7 Å². The Hall–Kier alpha value is -0.120. The first kappa shape index (κ1) is 13.9.